The molecular weight excluding hydrogens is 861 g/mol. The molecule has 0 unspecified atom stereocenters. The van der Waals surface area contributed by atoms with Gasteiger partial charge in [-0.3, -0.25) is 4.57 Å². The number of nitrogens with zero attached hydrogens (tertiary/aromatic N) is 4. The van der Waals surface area contributed by atoms with Crippen LogP contribution in [0.4, 0.5) is 0 Å². The summed E-state index contributed by atoms with van der Waals surface area (Å²) < 4.78 is 44.3. The predicted octanol–water partition coefficient (Wildman–Crippen LogP) is 14.2. The minimum absolute atomic E-state index is 0.169. The first-order valence-corrected chi connectivity index (χ1v) is 23.9. The molecule has 0 N–H and O–H groups in total. The number of ether oxygens (including phenoxy) is 2. The summed E-state index contributed by atoms with van der Waals surface area (Å²) in [6.07, 6.45) is 0.880. The highest BCUT2D eigenvalue weighted by Gasteiger charge is 2.21. The third-order valence-corrected chi connectivity index (χ3v) is 14.0. The van der Waals surface area contributed by atoms with Crippen molar-refractivity contribution >= 4 is 31.9 Å². The van der Waals surface area contributed by atoms with Crippen molar-refractivity contribution in [3.8, 4) is 62.6 Å². The Kier molecular flexibility index (Phi) is 11.0. The molecule has 11 rings (SSSR count). The van der Waals surface area contributed by atoms with E-state index in [1.807, 2.05) is 134 Å². The van der Waals surface area contributed by atoms with E-state index in [0.717, 1.165) is 79.6 Å². The number of sulfone groups is 1. The van der Waals surface area contributed by atoms with Crippen LogP contribution in [0, 0.1) is 6.92 Å². The molecule has 0 saturated carbocycles. The van der Waals surface area contributed by atoms with Gasteiger partial charge in [-0.05, 0) is 151 Å². The van der Waals surface area contributed by atoms with E-state index in [1.54, 1.807) is 36.4 Å². The number of para-hydroxylation sites is 4. The number of benzene rings is 9. The Labute approximate surface area is 394 Å². The van der Waals surface area contributed by atoms with Crippen molar-refractivity contribution in [1.29, 1.82) is 0 Å². The van der Waals surface area contributed by atoms with Crippen molar-refractivity contribution < 1.29 is 17.9 Å². The first-order valence-electron chi connectivity index (χ1n) is 22.4. The SMILES string of the molecule is Cc1ccc(Cc2ccc(Oc3ccc(-c4ccc(Oc5ccc(S(=O)(=O)c6ccc(-n7c(-c8cccc(-c9nc%10ccccc%10n9C)c8)nc8ccccc87)cc6)cc5)cc4)cc3)cc2)cc1. The number of rotatable bonds is 12. The van der Waals surface area contributed by atoms with Gasteiger partial charge >= 0.3 is 0 Å². The van der Waals surface area contributed by atoms with Crippen LogP contribution in [-0.4, -0.2) is 27.5 Å². The van der Waals surface area contributed by atoms with Crippen LogP contribution >= 0.6 is 0 Å². The van der Waals surface area contributed by atoms with E-state index >= 15 is 0 Å². The second kappa shape index (κ2) is 17.7. The fourth-order valence-electron chi connectivity index (χ4n) is 8.60. The van der Waals surface area contributed by atoms with Gasteiger partial charge in [0.05, 0.1) is 31.9 Å². The third-order valence-electron chi connectivity index (χ3n) is 12.2. The summed E-state index contributed by atoms with van der Waals surface area (Å²) >= 11 is 0. The lowest BCUT2D eigenvalue weighted by molar-refractivity contribution is 0.482. The van der Waals surface area contributed by atoms with E-state index in [4.69, 9.17) is 19.4 Å². The van der Waals surface area contributed by atoms with Crippen molar-refractivity contribution in [3.63, 3.8) is 0 Å². The van der Waals surface area contributed by atoms with E-state index in [0.29, 0.717) is 11.5 Å². The fourth-order valence-corrected chi connectivity index (χ4v) is 9.86. The minimum atomic E-state index is -3.84. The number of hydrogen-bond acceptors (Lipinski definition) is 6. The lowest BCUT2D eigenvalue weighted by atomic mass is 10.0. The molecule has 68 heavy (non-hydrogen) atoms. The van der Waals surface area contributed by atoms with E-state index in [1.165, 1.54) is 16.7 Å². The second-order valence-electron chi connectivity index (χ2n) is 16.9. The summed E-state index contributed by atoms with van der Waals surface area (Å²) in [6.45, 7) is 2.10. The maximum absolute atomic E-state index is 14.0. The second-order valence-corrected chi connectivity index (χ2v) is 18.8. The summed E-state index contributed by atoms with van der Waals surface area (Å²) in [5, 5.41) is 0. The average Bonchev–Trinajstić information content (AvgIpc) is 3.94. The molecule has 11 aromatic rings. The van der Waals surface area contributed by atoms with Gasteiger partial charge in [0.15, 0.2) is 0 Å². The summed E-state index contributed by atoms with van der Waals surface area (Å²) in [5.41, 5.74) is 12.2. The van der Waals surface area contributed by atoms with Crippen molar-refractivity contribution in [2.45, 2.75) is 23.1 Å². The van der Waals surface area contributed by atoms with Gasteiger partial charge in [-0.1, -0.05) is 109 Å². The highest BCUT2D eigenvalue weighted by Crippen LogP contribution is 2.34. The standard InChI is InChI=1S/C59H44N4O4S/c1-40-14-16-41(17-15-40)38-42-18-26-48(27-19-42)66-49-28-20-43(21-29-49)44-22-30-50(31-23-44)67-51-32-36-53(37-33-51)68(64,65)52-34-24-47(25-35-52)63-57-13-6-4-11-55(57)61-59(63)46-9-7-8-45(39-46)58-60-54-10-3-5-12-56(54)62(58)2/h3-37,39H,38H2,1-2H3. The summed E-state index contributed by atoms with van der Waals surface area (Å²) in [5.74, 6) is 4.30. The molecule has 0 amide bonds. The summed E-state index contributed by atoms with van der Waals surface area (Å²) in [4.78, 5) is 10.3. The van der Waals surface area contributed by atoms with Crippen LogP contribution in [0.25, 0.3) is 61.7 Å². The number of hydrogen-bond donors (Lipinski definition) is 0. The van der Waals surface area contributed by atoms with Crippen LogP contribution in [0.3, 0.4) is 0 Å². The third kappa shape index (κ3) is 8.43. The van der Waals surface area contributed by atoms with Crippen LogP contribution in [0.5, 0.6) is 23.0 Å². The van der Waals surface area contributed by atoms with Crippen LogP contribution in [0.15, 0.2) is 228 Å². The van der Waals surface area contributed by atoms with Gasteiger partial charge in [-0.25, -0.2) is 18.4 Å². The number of fused-ring (bicyclic) bond motifs is 2. The maximum atomic E-state index is 14.0. The van der Waals surface area contributed by atoms with Gasteiger partial charge in [0.1, 0.15) is 34.6 Å². The van der Waals surface area contributed by atoms with Gasteiger partial charge < -0.3 is 14.0 Å². The highest BCUT2D eigenvalue weighted by atomic mass is 32.2. The molecule has 2 heterocycles. The number of imidazole rings is 2. The maximum Gasteiger partial charge on any atom is 0.206 e. The Morgan fingerprint density at radius 1 is 0.441 bits per heavy atom. The van der Waals surface area contributed by atoms with Gasteiger partial charge in [0.25, 0.3) is 0 Å². The molecule has 9 aromatic carbocycles. The molecule has 0 radical (unpaired) electrons. The first kappa shape index (κ1) is 42.1. The zero-order valence-electron chi connectivity index (χ0n) is 37.3. The predicted molar refractivity (Wildman–Crippen MR) is 271 cm³/mol. The lowest BCUT2D eigenvalue weighted by Crippen LogP contribution is -2.03. The van der Waals surface area contributed by atoms with Gasteiger partial charge in [-0.2, -0.15) is 0 Å². The molecule has 0 saturated heterocycles. The van der Waals surface area contributed by atoms with Crippen molar-refractivity contribution in [2.24, 2.45) is 7.05 Å². The molecule has 0 aliphatic heterocycles. The van der Waals surface area contributed by atoms with Gasteiger partial charge in [0.2, 0.25) is 9.84 Å². The normalized spacial score (nSPS) is 11.6. The highest BCUT2D eigenvalue weighted by molar-refractivity contribution is 7.91. The van der Waals surface area contributed by atoms with E-state index in [-0.39, 0.29) is 9.79 Å². The monoisotopic (exact) mass is 904 g/mol. The summed E-state index contributed by atoms with van der Waals surface area (Å²) in [7, 11) is -1.82. The van der Waals surface area contributed by atoms with Crippen LogP contribution in [-0.2, 0) is 23.3 Å². The zero-order valence-corrected chi connectivity index (χ0v) is 38.1. The van der Waals surface area contributed by atoms with E-state index < -0.39 is 9.84 Å². The molecular formula is C59H44N4O4S. The van der Waals surface area contributed by atoms with Crippen molar-refractivity contribution in [3.05, 3.63) is 235 Å². The molecule has 0 fully saturated rings. The number of aryl methyl sites for hydroxylation is 2. The molecule has 2 aromatic heterocycles. The smallest absolute Gasteiger partial charge is 0.206 e. The van der Waals surface area contributed by atoms with Crippen LogP contribution in [0.2, 0.25) is 0 Å². The van der Waals surface area contributed by atoms with Gasteiger partial charge in [-0.15, -0.1) is 0 Å². The van der Waals surface area contributed by atoms with Crippen molar-refractivity contribution in [2.75, 3.05) is 0 Å². The Hall–Kier alpha value is -8.53. The molecule has 330 valence electrons. The minimum Gasteiger partial charge on any atom is -0.457 e. The quantitative estimate of drug-likeness (QED) is 0.121. The lowest BCUT2D eigenvalue weighted by Gasteiger charge is -2.12. The van der Waals surface area contributed by atoms with Gasteiger partial charge in [0, 0.05) is 23.9 Å². The molecule has 8 nitrogen and oxygen atoms in total. The zero-order chi connectivity index (χ0) is 46.2. The molecule has 0 aliphatic rings. The topological polar surface area (TPSA) is 88.2 Å². The Morgan fingerprint density at radius 3 is 1.44 bits per heavy atom. The first-order chi connectivity index (χ1) is 33.2. The fraction of sp³-hybridized carbons (Fsp3) is 0.0508. The van der Waals surface area contributed by atoms with E-state index in [2.05, 4.69) is 70.7 Å². The van der Waals surface area contributed by atoms with Crippen LogP contribution < -0.4 is 9.47 Å². The molecule has 9 heteroatoms. The number of aromatic nitrogens is 4. The average molecular weight is 905 g/mol. The molecule has 0 atom stereocenters. The van der Waals surface area contributed by atoms with Crippen LogP contribution in [0.1, 0.15) is 16.7 Å². The van der Waals surface area contributed by atoms with E-state index in [9.17, 15) is 8.42 Å². The molecule has 0 aliphatic carbocycles. The Balaban J connectivity index is 0.754. The molecule has 0 spiro atoms. The Morgan fingerprint density at radius 2 is 0.882 bits per heavy atom. The summed E-state index contributed by atoms with van der Waals surface area (Å²) in [6, 6.07) is 70.4. The molecule has 0 bridgehead atoms. The Bertz CT molecular complexity index is 3690. The largest absolute Gasteiger partial charge is 0.457 e. The van der Waals surface area contributed by atoms with Crippen molar-refractivity contribution in [1.82, 2.24) is 19.1 Å².